The van der Waals surface area contributed by atoms with Crippen LogP contribution in [-0.4, -0.2) is 36.2 Å². The average Bonchev–Trinajstić information content (AvgIpc) is 3.09. The summed E-state index contributed by atoms with van der Waals surface area (Å²) in [4.78, 5) is 20.8. The van der Waals surface area contributed by atoms with E-state index in [4.69, 9.17) is 4.74 Å². The van der Waals surface area contributed by atoms with Gasteiger partial charge in [0.2, 0.25) is 0 Å². The molecule has 2 amide bonds. The molecule has 120 valence electrons. The molecule has 6 nitrogen and oxygen atoms in total. The average molecular weight is 312 g/mol. The lowest BCUT2D eigenvalue weighted by atomic mass is 9.98. The molecule has 1 aliphatic rings. The molecular weight excluding hydrogens is 292 g/mol. The van der Waals surface area contributed by atoms with Crippen LogP contribution in [0, 0.1) is 0 Å². The van der Waals surface area contributed by atoms with E-state index in [1.807, 2.05) is 25.1 Å². The van der Waals surface area contributed by atoms with E-state index >= 15 is 0 Å². The molecule has 0 bridgehead atoms. The number of nitrogens with zero attached hydrogens (tertiary/aromatic N) is 2. The summed E-state index contributed by atoms with van der Waals surface area (Å²) in [6.45, 7) is 3.20. The number of anilines is 1. The Hall–Kier alpha value is -2.76. The van der Waals surface area contributed by atoms with Gasteiger partial charge in [-0.05, 0) is 36.8 Å². The number of carbonyl (C=O) groups is 1. The number of aromatic nitrogens is 2. The van der Waals surface area contributed by atoms with Crippen molar-refractivity contribution < 1.29 is 9.53 Å². The third kappa shape index (κ3) is 3.06. The van der Waals surface area contributed by atoms with Gasteiger partial charge in [0.1, 0.15) is 5.75 Å². The highest BCUT2D eigenvalue weighted by Gasteiger charge is 2.19. The molecule has 0 saturated carbocycles. The SMILES string of the molecule is CCN(C(=O)NC)c1ccc2c(c1)C(=Cc1cnc[nH]1)CCO2. The standard InChI is InChI=1S/C17H20N4O2/c1-3-21(17(22)18-2)14-4-5-16-15(9-14)12(6-7-23-16)8-13-10-19-11-20-13/h4-5,8-11H,3,6-7H2,1-2H3,(H,18,22)(H,19,20). The summed E-state index contributed by atoms with van der Waals surface area (Å²) >= 11 is 0. The molecule has 0 fully saturated rings. The van der Waals surface area contributed by atoms with Crippen LogP contribution in [0.4, 0.5) is 10.5 Å². The van der Waals surface area contributed by atoms with Gasteiger partial charge in [0.15, 0.2) is 0 Å². The van der Waals surface area contributed by atoms with E-state index in [-0.39, 0.29) is 6.03 Å². The topological polar surface area (TPSA) is 70.2 Å². The predicted octanol–water partition coefficient (Wildman–Crippen LogP) is 2.90. The quantitative estimate of drug-likeness (QED) is 0.915. The Bertz CT molecular complexity index is 722. The summed E-state index contributed by atoms with van der Waals surface area (Å²) in [5.74, 6) is 0.846. The summed E-state index contributed by atoms with van der Waals surface area (Å²) in [7, 11) is 1.64. The molecule has 0 radical (unpaired) electrons. The molecule has 2 aromatic rings. The highest BCUT2D eigenvalue weighted by Crippen LogP contribution is 2.36. The van der Waals surface area contributed by atoms with Crippen molar-refractivity contribution in [1.29, 1.82) is 0 Å². The second-order valence-corrected chi connectivity index (χ2v) is 5.25. The monoisotopic (exact) mass is 312 g/mol. The Morgan fingerprint density at radius 1 is 1.52 bits per heavy atom. The van der Waals surface area contributed by atoms with Gasteiger partial charge in [-0.25, -0.2) is 9.78 Å². The second-order valence-electron chi connectivity index (χ2n) is 5.25. The number of fused-ring (bicyclic) bond motifs is 1. The number of H-pyrrole nitrogens is 1. The molecule has 1 aliphatic heterocycles. The Morgan fingerprint density at radius 3 is 3.09 bits per heavy atom. The number of amides is 2. The van der Waals surface area contributed by atoms with Crippen LogP contribution in [0.2, 0.25) is 0 Å². The second kappa shape index (κ2) is 6.56. The molecule has 2 N–H and O–H groups in total. The largest absolute Gasteiger partial charge is 0.493 e. The lowest BCUT2D eigenvalue weighted by Crippen LogP contribution is -2.38. The van der Waals surface area contributed by atoms with Crippen molar-refractivity contribution in [2.75, 3.05) is 25.1 Å². The molecule has 0 atom stereocenters. The minimum atomic E-state index is -0.122. The molecule has 1 aromatic heterocycles. The summed E-state index contributed by atoms with van der Waals surface area (Å²) in [5, 5.41) is 2.67. The van der Waals surface area contributed by atoms with Gasteiger partial charge in [0.05, 0.1) is 24.8 Å². The lowest BCUT2D eigenvalue weighted by molar-refractivity contribution is 0.248. The number of nitrogens with one attached hydrogen (secondary N) is 2. The van der Waals surface area contributed by atoms with Crippen molar-refractivity contribution in [1.82, 2.24) is 15.3 Å². The molecule has 1 aromatic carbocycles. The maximum absolute atomic E-state index is 12.0. The fraction of sp³-hybridized carbons (Fsp3) is 0.294. The van der Waals surface area contributed by atoms with Crippen LogP contribution in [0.15, 0.2) is 30.7 Å². The van der Waals surface area contributed by atoms with E-state index in [0.29, 0.717) is 13.2 Å². The third-order valence-electron chi connectivity index (χ3n) is 3.87. The number of hydrogen-bond acceptors (Lipinski definition) is 3. The fourth-order valence-corrected chi connectivity index (χ4v) is 2.73. The maximum atomic E-state index is 12.0. The zero-order valence-corrected chi connectivity index (χ0v) is 13.3. The van der Waals surface area contributed by atoms with E-state index in [1.54, 1.807) is 24.5 Å². The molecule has 0 unspecified atom stereocenters. The van der Waals surface area contributed by atoms with Gasteiger partial charge in [-0.15, -0.1) is 0 Å². The molecule has 0 spiro atoms. The van der Waals surface area contributed by atoms with E-state index in [0.717, 1.165) is 29.1 Å². The number of imidazole rings is 1. The van der Waals surface area contributed by atoms with Gasteiger partial charge in [0, 0.05) is 31.3 Å². The van der Waals surface area contributed by atoms with Crippen molar-refractivity contribution in [2.45, 2.75) is 13.3 Å². The zero-order valence-electron chi connectivity index (χ0n) is 13.3. The number of rotatable bonds is 3. The zero-order chi connectivity index (χ0) is 16.2. The van der Waals surface area contributed by atoms with Gasteiger partial charge in [-0.3, -0.25) is 4.90 Å². The fourth-order valence-electron chi connectivity index (χ4n) is 2.73. The van der Waals surface area contributed by atoms with Crippen LogP contribution in [0.1, 0.15) is 24.6 Å². The highest BCUT2D eigenvalue weighted by molar-refractivity contribution is 5.93. The number of ether oxygens (including phenoxy) is 1. The van der Waals surface area contributed by atoms with Crippen molar-refractivity contribution >= 4 is 23.4 Å². The molecular formula is C17H20N4O2. The molecule has 3 rings (SSSR count). The smallest absolute Gasteiger partial charge is 0.321 e. The summed E-state index contributed by atoms with van der Waals surface area (Å²) < 4.78 is 5.74. The lowest BCUT2D eigenvalue weighted by Gasteiger charge is -2.25. The minimum absolute atomic E-state index is 0.122. The van der Waals surface area contributed by atoms with Gasteiger partial charge < -0.3 is 15.0 Å². The first-order chi connectivity index (χ1) is 11.2. The van der Waals surface area contributed by atoms with Crippen LogP contribution >= 0.6 is 0 Å². The van der Waals surface area contributed by atoms with Gasteiger partial charge in [-0.2, -0.15) is 0 Å². The first kappa shape index (κ1) is 15.1. The third-order valence-corrected chi connectivity index (χ3v) is 3.87. The molecule has 6 heteroatoms. The molecule has 23 heavy (non-hydrogen) atoms. The molecule has 0 aliphatic carbocycles. The summed E-state index contributed by atoms with van der Waals surface area (Å²) in [6.07, 6.45) is 6.35. The first-order valence-corrected chi connectivity index (χ1v) is 7.68. The number of hydrogen-bond donors (Lipinski definition) is 2. The number of aromatic amines is 1. The number of benzene rings is 1. The van der Waals surface area contributed by atoms with Crippen molar-refractivity contribution in [2.24, 2.45) is 0 Å². The van der Waals surface area contributed by atoms with Crippen LogP contribution in [0.25, 0.3) is 11.6 Å². The number of urea groups is 1. The summed E-state index contributed by atoms with van der Waals surface area (Å²) in [5.41, 5.74) is 4.00. The van der Waals surface area contributed by atoms with Crippen molar-refractivity contribution in [3.63, 3.8) is 0 Å². The molecule has 2 heterocycles. The van der Waals surface area contributed by atoms with Crippen LogP contribution in [0.3, 0.4) is 0 Å². The van der Waals surface area contributed by atoms with Crippen molar-refractivity contribution in [3.8, 4) is 5.75 Å². The predicted molar refractivity (Wildman–Crippen MR) is 90.5 cm³/mol. The van der Waals surface area contributed by atoms with Crippen LogP contribution < -0.4 is 15.0 Å². The Kier molecular flexibility index (Phi) is 4.32. The van der Waals surface area contributed by atoms with Crippen LogP contribution in [0.5, 0.6) is 5.75 Å². The Balaban J connectivity index is 2.01. The van der Waals surface area contributed by atoms with E-state index in [1.165, 1.54) is 5.57 Å². The van der Waals surface area contributed by atoms with E-state index < -0.39 is 0 Å². The summed E-state index contributed by atoms with van der Waals surface area (Å²) in [6, 6.07) is 5.73. The van der Waals surface area contributed by atoms with Gasteiger partial charge in [0.25, 0.3) is 0 Å². The van der Waals surface area contributed by atoms with E-state index in [2.05, 4.69) is 21.4 Å². The van der Waals surface area contributed by atoms with Crippen molar-refractivity contribution in [3.05, 3.63) is 42.0 Å². The normalized spacial score (nSPS) is 15.0. The first-order valence-electron chi connectivity index (χ1n) is 7.68. The van der Waals surface area contributed by atoms with Gasteiger partial charge in [-0.1, -0.05) is 0 Å². The van der Waals surface area contributed by atoms with Gasteiger partial charge >= 0.3 is 6.03 Å². The minimum Gasteiger partial charge on any atom is -0.493 e. The highest BCUT2D eigenvalue weighted by atomic mass is 16.5. The Morgan fingerprint density at radius 2 is 2.39 bits per heavy atom. The van der Waals surface area contributed by atoms with Crippen LogP contribution in [-0.2, 0) is 0 Å². The maximum Gasteiger partial charge on any atom is 0.321 e. The number of carbonyl (C=O) groups excluding carboxylic acids is 1. The molecule has 0 saturated heterocycles. The Labute approximate surface area is 135 Å². The van der Waals surface area contributed by atoms with E-state index in [9.17, 15) is 4.79 Å².